The van der Waals surface area contributed by atoms with Crippen LogP contribution in [0, 0.1) is 5.92 Å². The molecule has 1 aliphatic carbocycles. The second-order valence-electron chi connectivity index (χ2n) is 5.22. The molecule has 0 heterocycles. The highest BCUT2D eigenvalue weighted by atomic mass is 32.2. The number of hydrogen-bond acceptors (Lipinski definition) is 3. The first-order chi connectivity index (χ1) is 9.50. The zero-order chi connectivity index (χ0) is 15.0. The molecule has 2 amide bonds. The van der Waals surface area contributed by atoms with Gasteiger partial charge in [-0.1, -0.05) is 19.3 Å². The number of hydrogen-bond donors (Lipinski definition) is 3. The van der Waals surface area contributed by atoms with Gasteiger partial charge in [0.25, 0.3) is 0 Å². The van der Waals surface area contributed by atoms with E-state index < -0.39 is 22.7 Å². The lowest BCUT2D eigenvalue weighted by Gasteiger charge is -2.23. The van der Waals surface area contributed by atoms with E-state index in [2.05, 4.69) is 10.6 Å². The lowest BCUT2D eigenvalue weighted by atomic mass is 9.95. The van der Waals surface area contributed by atoms with Crippen LogP contribution in [0.4, 0.5) is 4.79 Å². The van der Waals surface area contributed by atoms with Crippen LogP contribution in [0.15, 0.2) is 0 Å². The molecule has 0 saturated heterocycles. The van der Waals surface area contributed by atoms with Crippen molar-refractivity contribution in [3.8, 4) is 0 Å². The van der Waals surface area contributed by atoms with Gasteiger partial charge in [0.05, 0.1) is 5.92 Å². The van der Waals surface area contributed by atoms with Gasteiger partial charge in [-0.2, -0.15) is 0 Å². The number of aliphatic carboxylic acids is 1. The summed E-state index contributed by atoms with van der Waals surface area (Å²) < 4.78 is 10.9. The van der Waals surface area contributed by atoms with E-state index in [0.717, 1.165) is 19.3 Å². The van der Waals surface area contributed by atoms with E-state index in [1.54, 1.807) is 6.26 Å². The number of nitrogens with one attached hydrogen (secondary N) is 2. The van der Waals surface area contributed by atoms with Crippen LogP contribution in [0.2, 0.25) is 0 Å². The largest absolute Gasteiger partial charge is 0.481 e. The van der Waals surface area contributed by atoms with Crippen LogP contribution in [0.1, 0.15) is 38.5 Å². The average Bonchev–Trinajstić information content (AvgIpc) is 2.60. The van der Waals surface area contributed by atoms with E-state index >= 15 is 0 Å². The third-order valence-corrected chi connectivity index (χ3v) is 4.41. The van der Waals surface area contributed by atoms with E-state index in [-0.39, 0.29) is 12.1 Å². The Morgan fingerprint density at radius 1 is 1.25 bits per heavy atom. The highest BCUT2D eigenvalue weighted by Crippen LogP contribution is 2.23. The van der Waals surface area contributed by atoms with E-state index in [0.29, 0.717) is 31.6 Å². The highest BCUT2D eigenvalue weighted by Gasteiger charge is 2.30. The molecule has 0 aliphatic heterocycles. The van der Waals surface area contributed by atoms with Crippen molar-refractivity contribution in [3.63, 3.8) is 0 Å². The lowest BCUT2D eigenvalue weighted by molar-refractivity contribution is -0.142. The molecule has 116 valence electrons. The van der Waals surface area contributed by atoms with Crippen molar-refractivity contribution >= 4 is 22.8 Å². The summed E-state index contributed by atoms with van der Waals surface area (Å²) in [5.41, 5.74) is 0. The number of carboxylic acid groups (broad SMARTS) is 1. The fourth-order valence-corrected chi connectivity index (χ4v) is 3.02. The van der Waals surface area contributed by atoms with Crippen molar-refractivity contribution in [3.05, 3.63) is 0 Å². The number of rotatable bonds is 6. The van der Waals surface area contributed by atoms with E-state index in [1.807, 2.05) is 0 Å². The summed E-state index contributed by atoms with van der Waals surface area (Å²) in [6.45, 7) is 0.454. The first-order valence-corrected chi connectivity index (χ1v) is 8.80. The Balaban J connectivity index is 2.37. The SMILES string of the molecule is CS(=O)CCCNC(=O)NC1CCCCCC1C(=O)O. The van der Waals surface area contributed by atoms with Crippen LogP contribution in [0.3, 0.4) is 0 Å². The van der Waals surface area contributed by atoms with Gasteiger partial charge in [-0.25, -0.2) is 4.79 Å². The third kappa shape index (κ3) is 6.36. The van der Waals surface area contributed by atoms with Crippen molar-refractivity contribution in [2.75, 3.05) is 18.6 Å². The van der Waals surface area contributed by atoms with Crippen LogP contribution < -0.4 is 10.6 Å². The van der Waals surface area contributed by atoms with Crippen LogP contribution in [-0.4, -0.2) is 45.9 Å². The van der Waals surface area contributed by atoms with Crippen molar-refractivity contribution in [1.82, 2.24) is 10.6 Å². The van der Waals surface area contributed by atoms with Gasteiger partial charge in [0.2, 0.25) is 0 Å². The van der Waals surface area contributed by atoms with Crippen molar-refractivity contribution in [2.24, 2.45) is 5.92 Å². The molecule has 1 saturated carbocycles. The van der Waals surface area contributed by atoms with Crippen LogP contribution in [-0.2, 0) is 15.6 Å². The normalized spacial score (nSPS) is 24.4. The quantitative estimate of drug-likeness (QED) is 0.505. The van der Waals surface area contributed by atoms with Gasteiger partial charge in [0.15, 0.2) is 0 Å². The van der Waals surface area contributed by atoms with Crippen LogP contribution in [0.25, 0.3) is 0 Å². The molecule has 0 aromatic carbocycles. The minimum atomic E-state index is -0.850. The minimum absolute atomic E-state index is 0.296. The molecule has 0 bridgehead atoms. The Kier molecular flexibility index (Phi) is 7.58. The molecule has 0 spiro atoms. The molecule has 3 N–H and O–H groups in total. The zero-order valence-electron chi connectivity index (χ0n) is 11.9. The predicted octanol–water partition coefficient (Wildman–Crippen LogP) is 1.09. The smallest absolute Gasteiger partial charge is 0.315 e. The maximum Gasteiger partial charge on any atom is 0.315 e. The summed E-state index contributed by atoms with van der Waals surface area (Å²) in [6.07, 6.45) is 6.49. The second kappa shape index (κ2) is 8.94. The first-order valence-electron chi connectivity index (χ1n) is 7.08. The summed E-state index contributed by atoms with van der Waals surface area (Å²) in [7, 11) is -0.850. The number of carbonyl (C=O) groups excluding carboxylic acids is 1. The van der Waals surface area contributed by atoms with E-state index in [1.165, 1.54) is 0 Å². The number of urea groups is 1. The number of carbonyl (C=O) groups is 2. The number of amides is 2. The summed E-state index contributed by atoms with van der Waals surface area (Å²) in [5, 5.41) is 14.7. The van der Waals surface area contributed by atoms with Crippen LogP contribution >= 0.6 is 0 Å². The second-order valence-corrected chi connectivity index (χ2v) is 6.77. The zero-order valence-corrected chi connectivity index (χ0v) is 12.7. The molecule has 1 rings (SSSR count). The Morgan fingerprint density at radius 3 is 2.60 bits per heavy atom. The Morgan fingerprint density at radius 2 is 1.95 bits per heavy atom. The highest BCUT2D eigenvalue weighted by molar-refractivity contribution is 7.84. The summed E-state index contributed by atoms with van der Waals surface area (Å²) >= 11 is 0. The van der Waals surface area contributed by atoms with Crippen LogP contribution in [0.5, 0.6) is 0 Å². The molecular weight excluding hydrogens is 280 g/mol. The Hall–Kier alpha value is -1.11. The topological polar surface area (TPSA) is 95.5 Å². The van der Waals surface area contributed by atoms with E-state index in [9.17, 15) is 18.9 Å². The molecule has 6 nitrogen and oxygen atoms in total. The van der Waals surface area contributed by atoms with Gasteiger partial charge >= 0.3 is 12.0 Å². The molecule has 3 unspecified atom stereocenters. The third-order valence-electron chi connectivity index (χ3n) is 3.54. The summed E-state index contributed by atoms with van der Waals surface area (Å²) in [4.78, 5) is 23.0. The first kappa shape index (κ1) is 16.9. The maximum atomic E-state index is 11.7. The minimum Gasteiger partial charge on any atom is -0.481 e. The van der Waals surface area contributed by atoms with Gasteiger partial charge in [-0.05, 0) is 19.3 Å². The Bertz CT molecular complexity index is 362. The lowest BCUT2D eigenvalue weighted by Crippen LogP contribution is -2.47. The van der Waals surface area contributed by atoms with Gasteiger partial charge in [-0.3, -0.25) is 9.00 Å². The molecule has 20 heavy (non-hydrogen) atoms. The molecule has 0 radical (unpaired) electrons. The van der Waals surface area contributed by atoms with Gasteiger partial charge in [-0.15, -0.1) is 0 Å². The van der Waals surface area contributed by atoms with E-state index in [4.69, 9.17) is 0 Å². The fraction of sp³-hybridized carbons (Fsp3) is 0.846. The predicted molar refractivity (Wildman–Crippen MR) is 78.1 cm³/mol. The van der Waals surface area contributed by atoms with Crippen molar-refractivity contribution < 1.29 is 18.9 Å². The average molecular weight is 304 g/mol. The van der Waals surface area contributed by atoms with Crippen molar-refractivity contribution in [1.29, 1.82) is 0 Å². The molecule has 7 heteroatoms. The molecule has 1 aliphatic rings. The molecule has 1 fully saturated rings. The van der Waals surface area contributed by atoms with Gasteiger partial charge < -0.3 is 15.7 Å². The molecule has 3 atom stereocenters. The summed E-state index contributed by atoms with van der Waals surface area (Å²) in [6, 6.07) is -0.625. The van der Waals surface area contributed by atoms with Gasteiger partial charge in [0.1, 0.15) is 0 Å². The molecule has 0 aromatic rings. The van der Waals surface area contributed by atoms with Crippen molar-refractivity contribution in [2.45, 2.75) is 44.6 Å². The Labute approximate surface area is 122 Å². The number of carboxylic acids is 1. The monoisotopic (exact) mass is 304 g/mol. The maximum absolute atomic E-state index is 11.7. The standard InChI is InChI=1S/C13H24N2O4S/c1-20(19)9-5-8-14-13(18)15-11-7-4-2-3-6-10(11)12(16)17/h10-11H,2-9H2,1H3,(H,16,17)(H2,14,15,18). The fourth-order valence-electron chi connectivity index (χ4n) is 2.47. The molecule has 0 aromatic heterocycles. The van der Waals surface area contributed by atoms with Gasteiger partial charge in [0, 0.05) is 35.4 Å². The molecular formula is C13H24N2O4S. The summed E-state index contributed by atoms with van der Waals surface area (Å²) in [5.74, 6) is -0.772.